The number of urea groups is 1. The summed E-state index contributed by atoms with van der Waals surface area (Å²) in [6.45, 7) is 1.99. The van der Waals surface area contributed by atoms with Gasteiger partial charge in [0.05, 0.1) is 18.9 Å². The first-order chi connectivity index (χ1) is 12.1. The molecule has 0 spiro atoms. The Balaban J connectivity index is 1.74. The predicted octanol–water partition coefficient (Wildman–Crippen LogP) is 2.46. The van der Waals surface area contributed by atoms with E-state index < -0.39 is 0 Å². The third-order valence-corrected chi connectivity index (χ3v) is 4.79. The molecule has 136 valence electrons. The molecule has 0 aliphatic carbocycles. The van der Waals surface area contributed by atoms with E-state index in [1.807, 2.05) is 0 Å². The zero-order chi connectivity index (χ0) is 17.8. The lowest BCUT2D eigenvalue weighted by atomic mass is 10.1. The van der Waals surface area contributed by atoms with E-state index in [2.05, 4.69) is 5.32 Å². The molecule has 2 heterocycles. The molecular weight excluding hydrogens is 322 g/mol. The highest BCUT2D eigenvalue weighted by Gasteiger charge is 2.26. The summed E-state index contributed by atoms with van der Waals surface area (Å²) in [4.78, 5) is 28.1. The Hall–Kier alpha value is -2.28. The lowest BCUT2D eigenvalue weighted by molar-refractivity contribution is -0.117. The van der Waals surface area contributed by atoms with Crippen LogP contribution in [-0.4, -0.2) is 56.8 Å². The predicted molar refractivity (Wildman–Crippen MR) is 95.2 cm³/mol. The van der Waals surface area contributed by atoms with Crippen molar-refractivity contribution >= 4 is 23.3 Å². The first-order valence-electron chi connectivity index (χ1n) is 8.69. The van der Waals surface area contributed by atoms with Gasteiger partial charge in [0.25, 0.3) is 0 Å². The third-order valence-electron chi connectivity index (χ3n) is 4.79. The van der Waals surface area contributed by atoms with Gasteiger partial charge in [0.1, 0.15) is 5.75 Å². The van der Waals surface area contributed by atoms with E-state index in [4.69, 9.17) is 9.47 Å². The van der Waals surface area contributed by atoms with E-state index in [0.29, 0.717) is 36.6 Å². The van der Waals surface area contributed by atoms with Crippen LogP contribution in [0.5, 0.6) is 5.75 Å². The number of likely N-dealkylation sites (tertiary alicyclic amines) is 1. The fourth-order valence-corrected chi connectivity index (χ4v) is 3.40. The van der Waals surface area contributed by atoms with Gasteiger partial charge in [0.15, 0.2) is 0 Å². The molecule has 3 amide bonds. The van der Waals surface area contributed by atoms with Crippen LogP contribution in [0, 0.1) is 0 Å². The van der Waals surface area contributed by atoms with Crippen LogP contribution in [0.2, 0.25) is 0 Å². The number of methoxy groups -OCH3 is 2. The van der Waals surface area contributed by atoms with Gasteiger partial charge in [-0.2, -0.15) is 0 Å². The van der Waals surface area contributed by atoms with Gasteiger partial charge in [0, 0.05) is 38.9 Å². The minimum Gasteiger partial charge on any atom is -0.495 e. The number of ether oxygens (including phenoxy) is 2. The first-order valence-corrected chi connectivity index (χ1v) is 8.69. The van der Waals surface area contributed by atoms with Crippen molar-refractivity contribution in [1.82, 2.24) is 4.90 Å². The summed E-state index contributed by atoms with van der Waals surface area (Å²) >= 11 is 0. The van der Waals surface area contributed by atoms with Gasteiger partial charge >= 0.3 is 6.03 Å². The Morgan fingerprint density at radius 3 is 2.76 bits per heavy atom. The molecule has 0 aromatic heterocycles. The number of anilines is 2. The molecule has 3 rings (SSSR count). The first kappa shape index (κ1) is 17.5. The smallest absolute Gasteiger partial charge is 0.321 e. The number of hydrogen-bond acceptors (Lipinski definition) is 4. The number of benzene rings is 1. The zero-order valence-corrected chi connectivity index (χ0v) is 14.8. The average Bonchev–Trinajstić information content (AvgIpc) is 3.07. The average molecular weight is 347 g/mol. The largest absolute Gasteiger partial charge is 0.495 e. The fraction of sp³-hybridized carbons (Fsp3) is 0.556. The van der Waals surface area contributed by atoms with Gasteiger partial charge in [0.2, 0.25) is 5.91 Å². The van der Waals surface area contributed by atoms with Gasteiger partial charge < -0.3 is 24.6 Å². The van der Waals surface area contributed by atoms with Crippen LogP contribution in [0.3, 0.4) is 0 Å². The van der Waals surface area contributed by atoms with Crippen molar-refractivity contribution in [2.45, 2.75) is 31.8 Å². The second-order valence-electron chi connectivity index (χ2n) is 6.41. The van der Waals surface area contributed by atoms with E-state index in [1.165, 1.54) is 0 Å². The van der Waals surface area contributed by atoms with E-state index in [9.17, 15) is 9.59 Å². The molecule has 25 heavy (non-hydrogen) atoms. The zero-order valence-electron chi connectivity index (χ0n) is 14.8. The van der Waals surface area contributed by atoms with E-state index in [-0.39, 0.29) is 18.0 Å². The molecule has 0 saturated carbocycles. The molecular formula is C18H25N3O4. The van der Waals surface area contributed by atoms with E-state index >= 15 is 0 Å². The number of piperidine rings is 1. The molecule has 2 aliphatic heterocycles. The number of hydrogen-bond donors (Lipinski definition) is 1. The monoisotopic (exact) mass is 347 g/mol. The summed E-state index contributed by atoms with van der Waals surface area (Å²) in [5, 5.41) is 2.92. The van der Waals surface area contributed by atoms with Crippen molar-refractivity contribution in [2.75, 3.05) is 44.1 Å². The van der Waals surface area contributed by atoms with Crippen molar-refractivity contribution in [3.05, 3.63) is 18.2 Å². The lowest BCUT2D eigenvalue weighted by Crippen LogP contribution is -2.44. The molecule has 1 atom stereocenters. The number of amides is 3. The Morgan fingerprint density at radius 2 is 2.08 bits per heavy atom. The van der Waals surface area contributed by atoms with E-state index in [0.717, 1.165) is 25.8 Å². The number of carbonyl (C=O) groups is 2. The normalized spacial score (nSPS) is 20.7. The highest BCUT2D eigenvalue weighted by molar-refractivity contribution is 5.98. The summed E-state index contributed by atoms with van der Waals surface area (Å²) in [5.41, 5.74) is 1.36. The molecule has 2 saturated heterocycles. The summed E-state index contributed by atoms with van der Waals surface area (Å²) in [6.07, 6.45) is 3.39. The van der Waals surface area contributed by atoms with Gasteiger partial charge in [-0.1, -0.05) is 0 Å². The van der Waals surface area contributed by atoms with Gasteiger partial charge in [-0.15, -0.1) is 0 Å². The Bertz CT molecular complexity index is 649. The van der Waals surface area contributed by atoms with Crippen LogP contribution in [0.1, 0.15) is 25.7 Å². The van der Waals surface area contributed by atoms with Crippen molar-refractivity contribution in [3.8, 4) is 5.75 Å². The topological polar surface area (TPSA) is 71.1 Å². The number of nitrogens with zero attached hydrogens (tertiary/aromatic N) is 2. The van der Waals surface area contributed by atoms with Crippen LogP contribution in [0.4, 0.5) is 16.2 Å². The van der Waals surface area contributed by atoms with Crippen LogP contribution in [0.25, 0.3) is 0 Å². The molecule has 0 bridgehead atoms. The Kier molecular flexibility index (Phi) is 5.43. The van der Waals surface area contributed by atoms with Crippen molar-refractivity contribution in [3.63, 3.8) is 0 Å². The summed E-state index contributed by atoms with van der Waals surface area (Å²) in [5.74, 6) is 0.714. The Morgan fingerprint density at radius 1 is 1.24 bits per heavy atom. The van der Waals surface area contributed by atoms with Crippen molar-refractivity contribution in [2.24, 2.45) is 0 Å². The molecule has 1 unspecified atom stereocenters. The highest BCUT2D eigenvalue weighted by atomic mass is 16.5. The standard InChI is InChI=1S/C18H25N3O4/c1-24-14-5-3-9-20(12-14)18(23)19-13-7-8-16(25-2)15(11-13)21-10-4-6-17(21)22/h7-8,11,14H,3-6,9-10,12H2,1-2H3,(H,19,23). The number of carbonyl (C=O) groups excluding carboxylic acids is 2. The minimum absolute atomic E-state index is 0.0840. The van der Waals surface area contributed by atoms with Gasteiger partial charge in [-0.3, -0.25) is 4.79 Å². The number of rotatable bonds is 4. The quantitative estimate of drug-likeness (QED) is 0.908. The van der Waals surface area contributed by atoms with Crippen LogP contribution in [-0.2, 0) is 9.53 Å². The van der Waals surface area contributed by atoms with Crippen molar-refractivity contribution in [1.29, 1.82) is 0 Å². The summed E-state index contributed by atoms with van der Waals surface area (Å²) in [7, 11) is 3.26. The molecule has 7 nitrogen and oxygen atoms in total. The molecule has 2 fully saturated rings. The van der Waals surface area contributed by atoms with Crippen LogP contribution < -0.4 is 15.0 Å². The maximum absolute atomic E-state index is 12.5. The SMILES string of the molecule is COc1ccc(NC(=O)N2CCCC(OC)C2)cc1N1CCCC1=O. The maximum atomic E-state index is 12.5. The minimum atomic E-state index is -0.148. The highest BCUT2D eigenvalue weighted by Crippen LogP contribution is 2.34. The molecule has 1 aromatic rings. The lowest BCUT2D eigenvalue weighted by Gasteiger charge is -2.32. The summed E-state index contributed by atoms with van der Waals surface area (Å²) in [6, 6.07) is 5.23. The van der Waals surface area contributed by atoms with Crippen LogP contribution in [0.15, 0.2) is 18.2 Å². The van der Waals surface area contributed by atoms with Crippen LogP contribution >= 0.6 is 0 Å². The second-order valence-corrected chi connectivity index (χ2v) is 6.41. The second kappa shape index (κ2) is 7.74. The molecule has 7 heteroatoms. The maximum Gasteiger partial charge on any atom is 0.321 e. The summed E-state index contributed by atoms with van der Waals surface area (Å²) < 4.78 is 10.7. The molecule has 1 N–H and O–H groups in total. The third kappa shape index (κ3) is 3.87. The van der Waals surface area contributed by atoms with Gasteiger partial charge in [-0.25, -0.2) is 4.79 Å². The Labute approximate surface area is 147 Å². The molecule has 2 aliphatic rings. The van der Waals surface area contributed by atoms with E-state index in [1.54, 1.807) is 42.2 Å². The molecule has 1 aromatic carbocycles. The fourth-order valence-electron chi connectivity index (χ4n) is 3.40. The van der Waals surface area contributed by atoms with Crippen molar-refractivity contribution < 1.29 is 19.1 Å². The molecule has 0 radical (unpaired) electrons. The van der Waals surface area contributed by atoms with Gasteiger partial charge in [-0.05, 0) is 37.5 Å². The number of nitrogens with one attached hydrogen (secondary N) is 1.